The Kier molecular flexibility index (Phi) is 6.05. The minimum atomic E-state index is -0.0393. The average Bonchev–Trinajstić information content (AvgIpc) is 2.43. The molecule has 1 aromatic carbocycles. The van der Waals surface area contributed by atoms with Crippen molar-refractivity contribution < 1.29 is 9.53 Å². The highest BCUT2D eigenvalue weighted by Crippen LogP contribution is 2.13. The van der Waals surface area contributed by atoms with Crippen LogP contribution in [0.5, 0.6) is 5.75 Å². The van der Waals surface area contributed by atoms with Crippen LogP contribution in [0.2, 0.25) is 0 Å². The van der Waals surface area contributed by atoms with Gasteiger partial charge in [0, 0.05) is 13.1 Å². The van der Waals surface area contributed by atoms with E-state index in [2.05, 4.69) is 13.8 Å². The first kappa shape index (κ1) is 16.0. The Bertz CT molecular complexity index is 474. The molecule has 1 amide bonds. The molecular formula is C16H22N2O2. The second kappa shape index (κ2) is 7.54. The maximum absolute atomic E-state index is 12.0. The van der Waals surface area contributed by atoms with Gasteiger partial charge in [0.2, 0.25) is 0 Å². The van der Waals surface area contributed by atoms with Crippen LogP contribution in [0.15, 0.2) is 24.3 Å². The molecule has 1 atom stereocenters. The molecule has 0 radical (unpaired) electrons. The molecule has 4 nitrogen and oxygen atoms in total. The summed E-state index contributed by atoms with van der Waals surface area (Å²) in [7, 11) is 1.80. The lowest BCUT2D eigenvalue weighted by atomic mass is 10.0. The molecule has 0 saturated carbocycles. The fourth-order valence-corrected chi connectivity index (χ4v) is 1.96. The maximum Gasteiger partial charge on any atom is 0.260 e. The molecule has 0 saturated heterocycles. The predicted molar refractivity (Wildman–Crippen MR) is 78.3 cm³/mol. The van der Waals surface area contributed by atoms with Crippen LogP contribution in [-0.2, 0) is 4.79 Å². The van der Waals surface area contributed by atoms with Crippen molar-refractivity contribution in [1.29, 1.82) is 5.26 Å². The van der Waals surface area contributed by atoms with Gasteiger partial charge in [-0.3, -0.25) is 4.79 Å². The number of ether oxygens (including phenoxy) is 1. The highest BCUT2D eigenvalue weighted by atomic mass is 16.5. The zero-order chi connectivity index (χ0) is 15.1. The Morgan fingerprint density at radius 3 is 2.40 bits per heavy atom. The van der Waals surface area contributed by atoms with Crippen molar-refractivity contribution in [2.45, 2.75) is 33.2 Å². The zero-order valence-electron chi connectivity index (χ0n) is 12.6. The first-order chi connectivity index (χ1) is 9.43. The van der Waals surface area contributed by atoms with Crippen LogP contribution >= 0.6 is 0 Å². The van der Waals surface area contributed by atoms with Crippen LogP contribution in [0, 0.1) is 17.2 Å². The van der Waals surface area contributed by atoms with Crippen LogP contribution in [-0.4, -0.2) is 30.5 Å². The van der Waals surface area contributed by atoms with Gasteiger partial charge in [-0.1, -0.05) is 13.8 Å². The molecule has 108 valence electrons. The molecule has 0 bridgehead atoms. The number of likely N-dealkylation sites (N-methyl/N-ethyl adjacent to an activating group) is 1. The summed E-state index contributed by atoms with van der Waals surface area (Å²) in [6.07, 6.45) is 0.971. The summed E-state index contributed by atoms with van der Waals surface area (Å²) in [4.78, 5) is 13.7. The van der Waals surface area contributed by atoms with E-state index in [9.17, 15) is 4.79 Å². The summed E-state index contributed by atoms with van der Waals surface area (Å²) < 4.78 is 5.44. The Morgan fingerprint density at radius 2 is 1.90 bits per heavy atom. The Labute approximate surface area is 121 Å². The molecule has 0 N–H and O–H groups in total. The van der Waals surface area contributed by atoms with Gasteiger partial charge in [-0.25, -0.2) is 0 Å². The van der Waals surface area contributed by atoms with Crippen molar-refractivity contribution in [3.05, 3.63) is 29.8 Å². The van der Waals surface area contributed by atoms with Crippen molar-refractivity contribution in [3.63, 3.8) is 0 Å². The van der Waals surface area contributed by atoms with Crippen molar-refractivity contribution >= 4 is 5.91 Å². The standard InChI is InChI=1S/C16H22N2O2/c1-12(2)9-13(3)18(4)16(19)11-20-15-7-5-14(10-17)6-8-15/h5-8,12-13H,9,11H2,1-4H3. The molecule has 0 aromatic heterocycles. The molecule has 0 fully saturated rings. The lowest BCUT2D eigenvalue weighted by Gasteiger charge is -2.26. The molecule has 0 spiro atoms. The molecular weight excluding hydrogens is 252 g/mol. The van der Waals surface area contributed by atoms with E-state index in [4.69, 9.17) is 10.00 Å². The van der Waals surface area contributed by atoms with Crippen LogP contribution < -0.4 is 4.74 Å². The largest absolute Gasteiger partial charge is 0.484 e. The number of hydrogen-bond acceptors (Lipinski definition) is 3. The Morgan fingerprint density at radius 1 is 1.30 bits per heavy atom. The fraction of sp³-hybridized carbons (Fsp3) is 0.500. The van der Waals surface area contributed by atoms with Crippen LogP contribution in [0.4, 0.5) is 0 Å². The molecule has 0 heterocycles. The Balaban J connectivity index is 2.47. The normalized spacial score (nSPS) is 11.8. The number of carbonyl (C=O) groups is 1. The van der Waals surface area contributed by atoms with E-state index in [0.717, 1.165) is 6.42 Å². The zero-order valence-corrected chi connectivity index (χ0v) is 12.6. The number of carbonyl (C=O) groups excluding carboxylic acids is 1. The monoisotopic (exact) mass is 274 g/mol. The van der Waals surface area contributed by atoms with Crippen molar-refractivity contribution in [2.24, 2.45) is 5.92 Å². The molecule has 0 aliphatic carbocycles. The van der Waals surface area contributed by atoms with Crippen molar-refractivity contribution in [3.8, 4) is 11.8 Å². The van der Waals surface area contributed by atoms with Gasteiger partial charge in [-0.2, -0.15) is 5.26 Å². The second-order valence-corrected chi connectivity index (χ2v) is 5.41. The summed E-state index contributed by atoms with van der Waals surface area (Å²) in [5.41, 5.74) is 0.575. The lowest BCUT2D eigenvalue weighted by molar-refractivity contribution is -0.134. The Hall–Kier alpha value is -2.02. The molecule has 1 aromatic rings. The van der Waals surface area contributed by atoms with Gasteiger partial charge in [-0.15, -0.1) is 0 Å². The number of nitriles is 1. The average molecular weight is 274 g/mol. The fourth-order valence-electron chi connectivity index (χ4n) is 1.96. The summed E-state index contributed by atoms with van der Waals surface area (Å²) in [6, 6.07) is 8.98. The first-order valence-corrected chi connectivity index (χ1v) is 6.82. The van der Waals surface area contributed by atoms with E-state index in [1.807, 2.05) is 13.0 Å². The third-order valence-corrected chi connectivity index (χ3v) is 3.21. The number of nitrogens with zero attached hydrogens (tertiary/aromatic N) is 2. The minimum absolute atomic E-state index is 0.0187. The molecule has 1 unspecified atom stereocenters. The third kappa shape index (κ3) is 4.93. The first-order valence-electron chi connectivity index (χ1n) is 6.82. The van der Waals surface area contributed by atoms with Gasteiger partial charge < -0.3 is 9.64 Å². The van der Waals surface area contributed by atoms with E-state index >= 15 is 0 Å². The number of hydrogen-bond donors (Lipinski definition) is 0. The summed E-state index contributed by atoms with van der Waals surface area (Å²) >= 11 is 0. The van der Waals surface area contributed by atoms with E-state index in [1.165, 1.54) is 0 Å². The van der Waals surface area contributed by atoms with Crippen LogP contribution in [0.25, 0.3) is 0 Å². The van der Waals surface area contributed by atoms with Crippen LogP contribution in [0.1, 0.15) is 32.8 Å². The van der Waals surface area contributed by atoms with E-state index in [0.29, 0.717) is 17.2 Å². The van der Waals surface area contributed by atoms with Gasteiger partial charge >= 0.3 is 0 Å². The van der Waals surface area contributed by atoms with Gasteiger partial charge in [0.05, 0.1) is 11.6 Å². The summed E-state index contributed by atoms with van der Waals surface area (Å²) in [5, 5.41) is 8.70. The van der Waals surface area contributed by atoms with Crippen molar-refractivity contribution in [2.75, 3.05) is 13.7 Å². The van der Waals surface area contributed by atoms with Crippen molar-refractivity contribution in [1.82, 2.24) is 4.90 Å². The van der Waals surface area contributed by atoms with Crippen LogP contribution in [0.3, 0.4) is 0 Å². The third-order valence-electron chi connectivity index (χ3n) is 3.21. The molecule has 0 aliphatic heterocycles. The lowest BCUT2D eigenvalue weighted by Crippen LogP contribution is -2.38. The topological polar surface area (TPSA) is 53.3 Å². The maximum atomic E-state index is 12.0. The second-order valence-electron chi connectivity index (χ2n) is 5.41. The quantitative estimate of drug-likeness (QED) is 0.801. The molecule has 1 rings (SSSR count). The molecule has 0 aliphatic rings. The summed E-state index contributed by atoms with van der Waals surface area (Å²) in [6.45, 7) is 6.34. The van der Waals surface area contributed by atoms with Gasteiger partial charge in [0.15, 0.2) is 6.61 Å². The molecule has 4 heteroatoms. The number of rotatable bonds is 6. The van der Waals surface area contributed by atoms with E-state index in [1.54, 1.807) is 36.2 Å². The highest BCUT2D eigenvalue weighted by molar-refractivity contribution is 5.77. The number of benzene rings is 1. The predicted octanol–water partition coefficient (Wildman–Crippen LogP) is 2.83. The van der Waals surface area contributed by atoms with E-state index < -0.39 is 0 Å². The summed E-state index contributed by atoms with van der Waals surface area (Å²) in [5.74, 6) is 1.12. The van der Waals surface area contributed by atoms with Gasteiger partial charge in [0.25, 0.3) is 5.91 Å². The minimum Gasteiger partial charge on any atom is -0.484 e. The smallest absolute Gasteiger partial charge is 0.260 e. The molecule has 20 heavy (non-hydrogen) atoms. The van der Waals surface area contributed by atoms with Gasteiger partial charge in [-0.05, 0) is 43.5 Å². The number of amides is 1. The van der Waals surface area contributed by atoms with Gasteiger partial charge in [0.1, 0.15) is 5.75 Å². The van der Waals surface area contributed by atoms with E-state index in [-0.39, 0.29) is 18.6 Å². The highest BCUT2D eigenvalue weighted by Gasteiger charge is 2.17. The SMILES string of the molecule is CC(C)CC(C)N(C)C(=O)COc1ccc(C#N)cc1.